The van der Waals surface area contributed by atoms with Gasteiger partial charge >= 0.3 is 5.97 Å². The van der Waals surface area contributed by atoms with Gasteiger partial charge in [0.05, 0.1) is 0 Å². The van der Waals surface area contributed by atoms with Crippen LogP contribution in [0.2, 0.25) is 0 Å². The Kier molecular flexibility index (Phi) is 2.97. The van der Waals surface area contributed by atoms with Crippen LogP contribution in [0.1, 0.15) is 19.4 Å². The molecule has 3 N–H and O–H groups in total. The number of halogens is 1. The van der Waals surface area contributed by atoms with E-state index in [1.54, 1.807) is 6.92 Å². The minimum absolute atomic E-state index is 0.231. The van der Waals surface area contributed by atoms with E-state index in [2.05, 4.69) is 30.9 Å². The van der Waals surface area contributed by atoms with Crippen molar-refractivity contribution < 1.29 is 9.90 Å². The maximum atomic E-state index is 11.2. The molecule has 7 nitrogen and oxygen atoms in total. The third-order valence-electron chi connectivity index (χ3n) is 2.45. The molecule has 0 bridgehead atoms. The molecule has 0 spiro atoms. The maximum Gasteiger partial charge on any atom is 0.326 e. The van der Waals surface area contributed by atoms with Gasteiger partial charge in [0.2, 0.25) is 0 Å². The van der Waals surface area contributed by atoms with E-state index >= 15 is 0 Å². The summed E-state index contributed by atoms with van der Waals surface area (Å²) in [6, 6.07) is -0.733. The van der Waals surface area contributed by atoms with Crippen molar-refractivity contribution in [2.24, 2.45) is 0 Å². The number of imidazole rings is 1. The largest absolute Gasteiger partial charge is 0.480 e. The fraction of sp³-hybridized carbons (Fsp3) is 0.333. The average Bonchev–Trinajstić information content (AvgIpc) is 2.59. The molecule has 0 saturated carbocycles. The van der Waals surface area contributed by atoms with Crippen molar-refractivity contribution in [2.45, 2.75) is 19.4 Å². The number of nitrogens with zero attached hydrogens (tertiary/aromatic N) is 4. The zero-order valence-electron chi connectivity index (χ0n) is 8.96. The third-order valence-corrected chi connectivity index (χ3v) is 3.01. The van der Waals surface area contributed by atoms with Gasteiger partial charge in [0.1, 0.15) is 12.4 Å². The summed E-state index contributed by atoms with van der Waals surface area (Å²) in [4.78, 5) is 23.1. The van der Waals surface area contributed by atoms with Crippen LogP contribution in [0.25, 0.3) is 11.2 Å². The molecule has 90 valence electrons. The van der Waals surface area contributed by atoms with E-state index in [9.17, 15) is 4.79 Å². The molecule has 0 unspecified atom stereocenters. The Labute approximate surface area is 105 Å². The Morgan fingerprint density at radius 1 is 1.65 bits per heavy atom. The molecule has 17 heavy (non-hydrogen) atoms. The summed E-state index contributed by atoms with van der Waals surface area (Å²) >= 11 is 3.22. The Bertz CT molecular complexity index is 582. The van der Waals surface area contributed by atoms with Crippen molar-refractivity contribution in [1.29, 1.82) is 0 Å². The Hall–Kier alpha value is -1.70. The fourth-order valence-corrected chi connectivity index (χ4v) is 2.24. The first-order chi connectivity index (χ1) is 8.06. The summed E-state index contributed by atoms with van der Waals surface area (Å²) in [5.74, 6) is -0.709. The smallest absolute Gasteiger partial charge is 0.326 e. The van der Waals surface area contributed by atoms with E-state index in [1.165, 1.54) is 10.9 Å². The highest BCUT2D eigenvalue weighted by Crippen LogP contribution is 2.27. The summed E-state index contributed by atoms with van der Waals surface area (Å²) in [6.07, 6.45) is 1.71. The highest BCUT2D eigenvalue weighted by molar-refractivity contribution is 9.10. The Morgan fingerprint density at radius 3 is 2.94 bits per heavy atom. The fourth-order valence-electron chi connectivity index (χ4n) is 1.64. The summed E-state index contributed by atoms with van der Waals surface area (Å²) < 4.78 is 1.88. The second-order valence-corrected chi connectivity index (χ2v) is 4.15. The van der Waals surface area contributed by atoms with Crippen LogP contribution in [0.5, 0.6) is 0 Å². The Morgan fingerprint density at radius 2 is 2.35 bits per heavy atom. The van der Waals surface area contributed by atoms with Gasteiger partial charge in [-0.2, -0.15) is 0 Å². The molecule has 0 aliphatic heterocycles. The highest BCUT2D eigenvalue weighted by atomic mass is 79.9. The quantitative estimate of drug-likeness (QED) is 0.825. The van der Waals surface area contributed by atoms with Crippen LogP contribution in [-0.2, 0) is 4.79 Å². The molecule has 1 atom stereocenters. The van der Waals surface area contributed by atoms with Crippen LogP contribution in [0, 0.1) is 0 Å². The van der Waals surface area contributed by atoms with E-state index < -0.39 is 12.0 Å². The molecule has 0 aromatic carbocycles. The minimum atomic E-state index is -0.940. The lowest BCUT2D eigenvalue weighted by molar-refractivity contribution is -0.140. The lowest BCUT2D eigenvalue weighted by Gasteiger charge is -2.12. The SMILES string of the molecule is CC[C@@H](C(=O)O)n1c(Br)nc2c(N)ncnc21. The number of nitrogens with two attached hydrogens (primary N) is 1. The highest BCUT2D eigenvalue weighted by Gasteiger charge is 2.24. The van der Waals surface area contributed by atoms with E-state index in [4.69, 9.17) is 10.8 Å². The van der Waals surface area contributed by atoms with E-state index in [-0.39, 0.29) is 5.82 Å². The van der Waals surface area contributed by atoms with Crippen molar-refractivity contribution in [3.8, 4) is 0 Å². The molecule has 2 heterocycles. The molecule has 0 aliphatic carbocycles. The molecule has 2 aromatic heterocycles. The number of aliphatic carboxylic acids is 1. The number of fused-ring (bicyclic) bond motifs is 1. The molecule has 0 saturated heterocycles. The van der Waals surface area contributed by atoms with Crippen LogP contribution in [-0.4, -0.2) is 30.6 Å². The molecule has 2 rings (SSSR count). The molecule has 0 amide bonds. The number of aromatic nitrogens is 4. The zero-order valence-corrected chi connectivity index (χ0v) is 10.5. The van der Waals surface area contributed by atoms with Crippen molar-refractivity contribution >= 4 is 38.9 Å². The summed E-state index contributed by atoms with van der Waals surface area (Å²) in [5, 5.41) is 9.15. The summed E-state index contributed by atoms with van der Waals surface area (Å²) in [6.45, 7) is 1.78. The van der Waals surface area contributed by atoms with Gasteiger partial charge in [-0.25, -0.2) is 19.7 Å². The number of rotatable bonds is 3. The Balaban J connectivity index is 2.72. The van der Waals surface area contributed by atoms with Gasteiger partial charge < -0.3 is 10.8 Å². The van der Waals surface area contributed by atoms with Gasteiger partial charge in [-0.05, 0) is 22.4 Å². The molecule has 8 heteroatoms. The number of anilines is 1. The topological polar surface area (TPSA) is 107 Å². The predicted molar refractivity (Wildman–Crippen MR) is 64.4 cm³/mol. The van der Waals surface area contributed by atoms with Gasteiger partial charge in [-0.1, -0.05) is 6.92 Å². The van der Waals surface area contributed by atoms with Gasteiger partial charge in [0.15, 0.2) is 21.7 Å². The van der Waals surface area contributed by atoms with Crippen molar-refractivity contribution in [3.63, 3.8) is 0 Å². The van der Waals surface area contributed by atoms with E-state index in [0.29, 0.717) is 22.3 Å². The summed E-state index contributed by atoms with van der Waals surface area (Å²) in [7, 11) is 0. The average molecular weight is 300 g/mol. The molecule has 0 fully saturated rings. The lowest BCUT2D eigenvalue weighted by atomic mass is 10.2. The zero-order chi connectivity index (χ0) is 12.6. The molecule has 2 aromatic rings. The van der Waals surface area contributed by atoms with Gasteiger partial charge in [0, 0.05) is 0 Å². The first-order valence-electron chi connectivity index (χ1n) is 4.93. The van der Waals surface area contributed by atoms with Crippen LogP contribution in [0.4, 0.5) is 5.82 Å². The number of hydrogen-bond acceptors (Lipinski definition) is 5. The number of carboxylic acids is 1. The molecular formula is C9H10BrN5O2. The third kappa shape index (κ3) is 1.84. The van der Waals surface area contributed by atoms with E-state index in [0.717, 1.165) is 0 Å². The van der Waals surface area contributed by atoms with Crippen LogP contribution in [0.3, 0.4) is 0 Å². The number of nitrogen functional groups attached to an aromatic ring is 1. The van der Waals surface area contributed by atoms with Crippen molar-refractivity contribution in [1.82, 2.24) is 19.5 Å². The second-order valence-electron chi connectivity index (χ2n) is 3.44. The number of carbonyl (C=O) groups is 1. The molecule has 0 aliphatic rings. The van der Waals surface area contributed by atoms with Gasteiger partial charge in [0.25, 0.3) is 0 Å². The summed E-state index contributed by atoms with van der Waals surface area (Å²) in [5.41, 5.74) is 6.48. The normalized spacial score (nSPS) is 12.8. The second kappa shape index (κ2) is 4.28. The minimum Gasteiger partial charge on any atom is -0.480 e. The molecular weight excluding hydrogens is 290 g/mol. The predicted octanol–water partition coefficient (Wildman–Crippen LogP) is 1.21. The standard InChI is InChI=1S/C9H10BrN5O2/c1-2-4(8(16)17)15-7-5(14-9(15)10)6(11)12-3-13-7/h3-4H,2H2,1H3,(H,16,17)(H2,11,12,13)/t4-/m0/s1. The number of hydrogen-bond donors (Lipinski definition) is 2. The van der Waals surface area contributed by atoms with Crippen LogP contribution >= 0.6 is 15.9 Å². The first-order valence-corrected chi connectivity index (χ1v) is 5.72. The van der Waals surface area contributed by atoms with Crippen molar-refractivity contribution in [3.05, 3.63) is 11.1 Å². The van der Waals surface area contributed by atoms with Gasteiger partial charge in [-0.3, -0.25) is 4.57 Å². The molecule has 0 radical (unpaired) electrons. The monoisotopic (exact) mass is 299 g/mol. The van der Waals surface area contributed by atoms with E-state index in [1.807, 2.05) is 0 Å². The van der Waals surface area contributed by atoms with Crippen LogP contribution in [0.15, 0.2) is 11.1 Å². The lowest BCUT2D eigenvalue weighted by Crippen LogP contribution is -2.18. The maximum absolute atomic E-state index is 11.2. The van der Waals surface area contributed by atoms with Crippen molar-refractivity contribution in [2.75, 3.05) is 5.73 Å². The van der Waals surface area contributed by atoms with Gasteiger partial charge in [-0.15, -0.1) is 0 Å². The first kappa shape index (κ1) is 11.8. The number of carboxylic acid groups (broad SMARTS) is 1. The van der Waals surface area contributed by atoms with Crippen LogP contribution < -0.4 is 5.73 Å².